The lowest BCUT2D eigenvalue weighted by Gasteiger charge is -2.26. The van der Waals surface area contributed by atoms with Crippen LogP contribution in [-0.2, 0) is 33.3 Å². The van der Waals surface area contributed by atoms with Crippen molar-refractivity contribution in [3.05, 3.63) is 134 Å². The molecule has 0 heterocycles. The lowest BCUT2D eigenvalue weighted by atomic mass is 10.0. The van der Waals surface area contributed by atoms with Gasteiger partial charge in [0.15, 0.2) is 12.4 Å². The second-order valence-electron chi connectivity index (χ2n) is 21.6. The summed E-state index contributed by atoms with van der Waals surface area (Å²) in [5, 5.41) is 11.8. The second kappa shape index (κ2) is 59.5. The zero-order chi connectivity index (χ0) is 57.6. The smallest absolute Gasteiger partial charge is 0.306 e. The van der Waals surface area contributed by atoms with Crippen molar-refractivity contribution in [2.24, 2.45) is 0 Å². The van der Waals surface area contributed by atoms with Crippen LogP contribution < -0.4 is 5.11 Å². The number of carboxylic acids is 1. The van der Waals surface area contributed by atoms with Crippen molar-refractivity contribution in [2.75, 3.05) is 47.5 Å². The Morgan fingerprint density at radius 1 is 0.380 bits per heavy atom. The van der Waals surface area contributed by atoms with Crippen molar-refractivity contribution in [1.29, 1.82) is 0 Å². The van der Waals surface area contributed by atoms with Crippen molar-refractivity contribution in [3.8, 4) is 0 Å². The van der Waals surface area contributed by atoms with Crippen LogP contribution in [0.15, 0.2) is 134 Å². The van der Waals surface area contributed by atoms with Gasteiger partial charge in [-0.05, 0) is 109 Å². The summed E-state index contributed by atoms with van der Waals surface area (Å²) in [5.41, 5.74) is 0. The summed E-state index contributed by atoms with van der Waals surface area (Å²) in [7, 11) is 5.91. The molecule has 0 spiro atoms. The standard InChI is InChI=1S/C70H115NO8/c1-6-8-10-12-14-16-18-20-22-24-25-26-27-28-29-30-31-32-33-34-35-36-37-38-39-40-41-42-43-45-47-49-51-53-55-57-59-61-68(73)79-66(65-78-70(69(74)75)76-63-62-71(3,4)5)64-77-67(72)60-58-56-54-52-50-48-46-44-23-21-19-17-15-13-11-9-7-2/h8-11,14-17,20-23,25-26,28-29,31-32,34-35,37-38,66,70H,6-7,12-13,18-19,24,27,30,33,36,39-65H2,1-5H3/b10-8-,11-9-,16-14-,17-15-,22-20-,23-21-,26-25-,29-28-,32-31-,35-34-,38-37-. The van der Waals surface area contributed by atoms with E-state index >= 15 is 0 Å². The van der Waals surface area contributed by atoms with Gasteiger partial charge in [-0.15, -0.1) is 0 Å². The number of aliphatic carboxylic acids is 1. The maximum Gasteiger partial charge on any atom is 0.306 e. The Morgan fingerprint density at radius 2 is 0.684 bits per heavy atom. The summed E-state index contributed by atoms with van der Waals surface area (Å²) >= 11 is 0. The number of carboxylic acid groups (broad SMARTS) is 1. The average molecular weight is 1100 g/mol. The third-order valence-corrected chi connectivity index (χ3v) is 12.9. The molecule has 0 saturated carbocycles. The Hall–Kier alpha value is -4.57. The van der Waals surface area contributed by atoms with Gasteiger partial charge in [-0.1, -0.05) is 244 Å². The third kappa shape index (κ3) is 60.9. The van der Waals surface area contributed by atoms with Crippen LogP contribution in [-0.4, -0.2) is 82.3 Å². The first kappa shape index (κ1) is 74.4. The molecule has 0 bridgehead atoms. The Bertz CT molecular complexity index is 1750. The number of quaternary nitrogens is 1. The van der Waals surface area contributed by atoms with Crippen LogP contribution in [0, 0.1) is 0 Å². The van der Waals surface area contributed by atoms with Gasteiger partial charge < -0.3 is 33.3 Å². The second-order valence-corrected chi connectivity index (χ2v) is 21.6. The highest BCUT2D eigenvalue weighted by Crippen LogP contribution is 2.15. The number of allylic oxidation sites excluding steroid dienone is 22. The third-order valence-electron chi connectivity index (χ3n) is 12.9. The molecular formula is C70H115NO8. The summed E-state index contributed by atoms with van der Waals surface area (Å²) in [6.07, 6.45) is 82.3. The van der Waals surface area contributed by atoms with Gasteiger partial charge in [-0.25, -0.2) is 0 Å². The van der Waals surface area contributed by atoms with Gasteiger partial charge in [-0.2, -0.15) is 0 Å². The fraction of sp³-hybridized carbons (Fsp3) is 0.643. The van der Waals surface area contributed by atoms with Crippen LogP contribution in [0.2, 0.25) is 0 Å². The number of carbonyl (C=O) groups excluding carboxylic acids is 3. The zero-order valence-electron chi connectivity index (χ0n) is 50.9. The van der Waals surface area contributed by atoms with Crippen molar-refractivity contribution in [2.45, 2.75) is 245 Å². The number of likely N-dealkylation sites (N-methyl/N-ethyl adjacent to an activating group) is 1. The average Bonchev–Trinajstić information content (AvgIpc) is 3.42. The number of rotatable bonds is 56. The Labute approximate surface area is 484 Å². The predicted molar refractivity (Wildman–Crippen MR) is 333 cm³/mol. The molecule has 0 aliphatic carbocycles. The molecule has 0 aliphatic rings. The van der Waals surface area contributed by atoms with Gasteiger partial charge in [0.25, 0.3) is 0 Å². The molecule has 0 amide bonds. The molecule has 0 radical (unpaired) electrons. The summed E-state index contributed by atoms with van der Waals surface area (Å²) < 4.78 is 22.7. The Kier molecular flexibility index (Phi) is 56.1. The minimum Gasteiger partial charge on any atom is -0.545 e. The van der Waals surface area contributed by atoms with E-state index in [0.717, 1.165) is 128 Å². The summed E-state index contributed by atoms with van der Waals surface area (Å²) in [4.78, 5) is 37.3. The van der Waals surface area contributed by atoms with Gasteiger partial charge in [0.2, 0.25) is 0 Å². The van der Waals surface area contributed by atoms with Crippen molar-refractivity contribution >= 4 is 17.9 Å². The molecule has 2 unspecified atom stereocenters. The molecule has 448 valence electrons. The zero-order valence-corrected chi connectivity index (χ0v) is 50.9. The number of nitrogens with zero attached hydrogens (tertiary/aromatic N) is 1. The summed E-state index contributed by atoms with van der Waals surface area (Å²) in [6.45, 7) is 4.50. The first-order valence-corrected chi connectivity index (χ1v) is 31.3. The maximum absolute atomic E-state index is 12.9. The SMILES string of the molecule is CC/C=C\C/C=C\C/C=C\C/C=C\C/C=C\C/C=C\C/C=C\C/C=C\CCCCCCCCCCCCCCC(=O)OC(COC(=O)CCCCCCCCC/C=C\C/C=C\C/C=C\CC)COC(OCC[N+](C)(C)C)C(=O)[O-]. The van der Waals surface area contributed by atoms with E-state index in [9.17, 15) is 19.5 Å². The monoisotopic (exact) mass is 1100 g/mol. The molecule has 0 aromatic rings. The van der Waals surface area contributed by atoms with E-state index < -0.39 is 24.3 Å². The maximum atomic E-state index is 12.9. The molecule has 0 rings (SSSR count). The van der Waals surface area contributed by atoms with Gasteiger partial charge >= 0.3 is 11.9 Å². The number of carbonyl (C=O) groups is 3. The molecule has 0 saturated heterocycles. The van der Waals surface area contributed by atoms with E-state index in [2.05, 4.69) is 148 Å². The van der Waals surface area contributed by atoms with Crippen LogP contribution >= 0.6 is 0 Å². The van der Waals surface area contributed by atoms with Crippen LogP contribution in [0.25, 0.3) is 0 Å². The van der Waals surface area contributed by atoms with Crippen molar-refractivity contribution in [3.63, 3.8) is 0 Å². The van der Waals surface area contributed by atoms with Gasteiger partial charge in [0.1, 0.15) is 13.2 Å². The molecular weight excluding hydrogens is 983 g/mol. The van der Waals surface area contributed by atoms with Gasteiger partial charge in [0.05, 0.1) is 40.3 Å². The minimum atomic E-state index is -1.63. The Morgan fingerprint density at radius 3 is 1.01 bits per heavy atom. The molecule has 0 aromatic carbocycles. The fourth-order valence-electron chi connectivity index (χ4n) is 8.15. The molecule has 0 fully saturated rings. The topological polar surface area (TPSA) is 111 Å². The van der Waals surface area contributed by atoms with Gasteiger partial charge in [-0.3, -0.25) is 9.59 Å². The van der Waals surface area contributed by atoms with Gasteiger partial charge in [0, 0.05) is 12.8 Å². The van der Waals surface area contributed by atoms with E-state index in [0.29, 0.717) is 17.4 Å². The minimum absolute atomic E-state index is 0.139. The van der Waals surface area contributed by atoms with E-state index in [4.69, 9.17) is 18.9 Å². The highest BCUT2D eigenvalue weighted by molar-refractivity contribution is 5.70. The van der Waals surface area contributed by atoms with Crippen molar-refractivity contribution < 1.29 is 42.9 Å². The summed E-state index contributed by atoms with van der Waals surface area (Å²) in [5.74, 6) is -2.31. The first-order valence-electron chi connectivity index (χ1n) is 31.3. The molecule has 9 nitrogen and oxygen atoms in total. The molecule has 0 aromatic heterocycles. The lowest BCUT2D eigenvalue weighted by Crippen LogP contribution is -2.44. The largest absolute Gasteiger partial charge is 0.545 e. The lowest BCUT2D eigenvalue weighted by molar-refractivity contribution is -0.870. The van der Waals surface area contributed by atoms with Crippen LogP contribution in [0.1, 0.15) is 232 Å². The number of esters is 2. The predicted octanol–water partition coefficient (Wildman–Crippen LogP) is 17.7. The first-order chi connectivity index (χ1) is 38.6. The molecule has 79 heavy (non-hydrogen) atoms. The van der Waals surface area contributed by atoms with E-state index in [1.807, 2.05) is 21.1 Å². The van der Waals surface area contributed by atoms with E-state index in [1.54, 1.807) is 0 Å². The van der Waals surface area contributed by atoms with Crippen LogP contribution in [0.5, 0.6) is 0 Å². The number of unbranched alkanes of at least 4 members (excludes halogenated alkanes) is 19. The number of hydrogen-bond acceptors (Lipinski definition) is 8. The fourth-order valence-corrected chi connectivity index (χ4v) is 8.15. The molecule has 2 atom stereocenters. The number of hydrogen-bond donors (Lipinski definition) is 0. The highest BCUT2D eigenvalue weighted by atomic mass is 16.7. The van der Waals surface area contributed by atoms with Crippen LogP contribution in [0.4, 0.5) is 0 Å². The quantitative estimate of drug-likeness (QED) is 0.0195. The van der Waals surface area contributed by atoms with E-state index in [1.165, 1.54) is 70.6 Å². The summed E-state index contributed by atoms with van der Waals surface area (Å²) in [6, 6.07) is 0. The normalized spacial score (nSPS) is 13.7. The Balaban J connectivity index is 4.16. The molecule has 9 heteroatoms. The highest BCUT2D eigenvalue weighted by Gasteiger charge is 2.22. The molecule has 0 aliphatic heterocycles. The van der Waals surface area contributed by atoms with Crippen molar-refractivity contribution in [1.82, 2.24) is 0 Å². The number of ether oxygens (including phenoxy) is 4. The van der Waals surface area contributed by atoms with E-state index in [-0.39, 0.29) is 38.6 Å². The molecule has 0 N–H and O–H groups in total. The van der Waals surface area contributed by atoms with Crippen LogP contribution in [0.3, 0.4) is 0 Å².